The van der Waals surface area contributed by atoms with Crippen molar-refractivity contribution in [2.75, 3.05) is 68.8 Å². The van der Waals surface area contributed by atoms with E-state index in [1.54, 1.807) is 79.4 Å². The third-order valence-electron chi connectivity index (χ3n) is 18.1. The van der Waals surface area contributed by atoms with Gasteiger partial charge in [0.15, 0.2) is 0 Å². The minimum atomic E-state index is -4.82. The Kier molecular flexibility index (Phi) is 26.8. The zero-order valence-corrected chi connectivity index (χ0v) is 59.6. The quantitative estimate of drug-likeness (QED) is 0.0332. The Morgan fingerprint density at radius 1 is 0.529 bits per heavy atom. The number of halogens is 10. The Labute approximate surface area is 618 Å². The Morgan fingerprint density at radius 3 is 1.33 bits per heavy atom. The Balaban J connectivity index is 0.000000199. The van der Waals surface area contributed by atoms with Gasteiger partial charge in [-0.25, -0.2) is 24.2 Å². The van der Waals surface area contributed by atoms with E-state index in [4.69, 9.17) is 74.7 Å². The first kappa shape index (κ1) is 78.8. The third-order valence-corrected chi connectivity index (χ3v) is 18.7. The molecular weight excluding hydrogens is 1440 g/mol. The molecule has 4 atom stereocenters. The first-order valence-corrected chi connectivity index (χ1v) is 34.3. The summed E-state index contributed by atoms with van der Waals surface area (Å²) < 4.78 is 118. The molecule has 6 heterocycles. The van der Waals surface area contributed by atoms with Gasteiger partial charge in [0.1, 0.15) is 36.3 Å². The third kappa shape index (κ3) is 20.5. The molecule has 20 nitrogen and oxygen atoms in total. The molecular formula is C74H76Cl4F6N10O10. The topological polar surface area (TPSA) is 249 Å². The molecule has 4 saturated heterocycles. The molecule has 0 radical (unpaired) electrons. The molecule has 2 amide bonds. The molecule has 6 aromatic carbocycles. The fourth-order valence-corrected chi connectivity index (χ4v) is 13.6. The van der Waals surface area contributed by atoms with Crippen molar-refractivity contribution in [2.45, 2.75) is 102 Å². The predicted molar refractivity (Wildman–Crippen MR) is 383 cm³/mol. The highest BCUT2D eigenvalue weighted by molar-refractivity contribution is 6.31. The van der Waals surface area contributed by atoms with E-state index < -0.39 is 60.2 Å². The van der Waals surface area contributed by atoms with Gasteiger partial charge in [-0.15, -0.1) is 12.4 Å². The predicted octanol–water partition coefficient (Wildman–Crippen LogP) is 16.1. The maximum Gasteiger partial charge on any atom is 0.429 e. The number of nitrogens with two attached hydrogens (primary N) is 2. The summed E-state index contributed by atoms with van der Waals surface area (Å²) in [5, 5.41) is 3.79. The fraction of sp³-hybridized carbons (Fsp3) is 0.351. The SMILES string of the molecule is CCOC(=O)[C@@H]1CC2(CCN(c3cc(O[C@H](c4ccc(Cl)cc4-c4ccccc4)C(F)(F)F)nc(N)n3)CC2)CN1C(=O)OCc1ccccc1.CCOC(=O)[C@@H]1CC2(CCNCC2)CN1C(=O)OCc1ccccc1.Cl.Nc1nc(Cl)cc(O[C@H](c2ccc(Cl)cc2-c2ccccc2)C(F)(F)F)n1. The van der Waals surface area contributed by atoms with Crippen molar-refractivity contribution in [1.29, 1.82) is 0 Å². The molecule has 12 rings (SSSR count). The molecule has 2 aromatic heterocycles. The van der Waals surface area contributed by atoms with Crippen LogP contribution < -0.4 is 31.2 Å². The Morgan fingerprint density at radius 2 is 0.923 bits per heavy atom. The number of carbonyl (C=O) groups excluding carboxylic acids is 4. The molecule has 8 aromatic rings. The van der Waals surface area contributed by atoms with Crippen molar-refractivity contribution in [3.63, 3.8) is 0 Å². The minimum absolute atomic E-state index is 0. The lowest BCUT2D eigenvalue weighted by Gasteiger charge is -2.39. The summed E-state index contributed by atoms with van der Waals surface area (Å²) in [6.07, 6.45) is -11.2. The Bertz CT molecular complexity index is 4170. The van der Waals surface area contributed by atoms with Crippen molar-refractivity contribution < 1.29 is 73.9 Å². The molecule has 0 aliphatic carbocycles. The molecule has 104 heavy (non-hydrogen) atoms. The summed E-state index contributed by atoms with van der Waals surface area (Å²) in [6, 6.07) is 45.3. The van der Waals surface area contributed by atoms with E-state index in [1.165, 1.54) is 47.4 Å². The zero-order valence-electron chi connectivity index (χ0n) is 56.5. The van der Waals surface area contributed by atoms with Crippen molar-refractivity contribution in [3.05, 3.63) is 207 Å². The standard InChI is InChI=1S/C37H37ClF3N5O5.C19H26N2O4.C18H12Cl2F3N3O.ClH/c1-2-49-33(47)29-21-36(23-46(29)35(48)50-22-24-9-5-3-6-10-24)15-17-45(18-16-36)30-20-31(44-34(42)43-30)51-32(37(39,40)41)27-14-13-26(38)19-28(27)25-11-7-4-8-12-25;1-2-24-17(22)16-12-19(8-10-20-11-9-19)14-21(16)18(23)25-13-15-6-4-3-5-7-15;19-11-6-7-12(13(8-11)10-4-2-1-3-5-10)16(18(21,22)23)27-15-9-14(20)25-17(24)26-15;/h3-14,19-20,29,32H,2,15-18,21-23H2,1H3,(H2,42,43,44);3-7,16,20H,2,8-14H2,1H3;1-9,16H,(H2,24,25,26);1H/t29-,32+;2*16-;/m001./s1. The highest BCUT2D eigenvalue weighted by Crippen LogP contribution is 2.48. The van der Waals surface area contributed by atoms with Gasteiger partial charge in [0.2, 0.25) is 35.9 Å². The monoisotopic (exact) mass is 1520 g/mol. The molecule has 30 heteroatoms. The number of amides is 2. The highest BCUT2D eigenvalue weighted by Gasteiger charge is 2.53. The number of likely N-dealkylation sites (tertiary alicyclic amines) is 2. The molecule has 4 fully saturated rings. The number of hydrogen-bond acceptors (Lipinski definition) is 18. The molecule has 0 unspecified atom stereocenters. The molecule has 0 bridgehead atoms. The smallest absolute Gasteiger partial charge is 0.429 e. The second-order valence-corrected chi connectivity index (χ2v) is 26.4. The van der Waals surface area contributed by atoms with Gasteiger partial charge < -0.3 is 50.1 Å². The van der Waals surface area contributed by atoms with Crippen LogP contribution in [0.1, 0.15) is 86.8 Å². The number of esters is 2. The molecule has 552 valence electrons. The maximum atomic E-state index is 14.7. The van der Waals surface area contributed by atoms with E-state index in [1.807, 2.05) is 65.6 Å². The first-order valence-electron chi connectivity index (χ1n) is 33.2. The number of nitrogens with one attached hydrogen (secondary N) is 1. The number of piperidine rings is 2. The lowest BCUT2D eigenvalue weighted by Crippen LogP contribution is -2.43. The molecule has 2 spiro atoms. The van der Waals surface area contributed by atoms with Gasteiger partial charge >= 0.3 is 36.5 Å². The molecule has 4 aliphatic rings. The number of anilines is 3. The van der Waals surface area contributed by atoms with E-state index in [2.05, 4.69) is 25.3 Å². The van der Waals surface area contributed by atoms with E-state index in [0.29, 0.717) is 79.5 Å². The van der Waals surface area contributed by atoms with Crippen LogP contribution >= 0.6 is 47.2 Å². The average molecular weight is 1520 g/mol. The van der Waals surface area contributed by atoms with E-state index in [9.17, 15) is 45.5 Å². The van der Waals surface area contributed by atoms with Gasteiger partial charge in [-0.1, -0.05) is 168 Å². The van der Waals surface area contributed by atoms with Crippen molar-refractivity contribution in [2.24, 2.45) is 10.8 Å². The molecule has 0 saturated carbocycles. The van der Waals surface area contributed by atoms with Crippen molar-refractivity contribution in [3.8, 4) is 34.0 Å². The largest absolute Gasteiger partial charge is 0.464 e. The first-order chi connectivity index (χ1) is 49.3. The molecule has 4 aliphatic heterocycles. The number of ether oxygens (including phenoxy) is 6. The van der Waals surface area contributed by atoms with Crippen LogP contribution in [0.15, 0.2) is 170 Å². The van der Waals surface area contributed by atoms with Crippen LogP contribution in [0.3, 0.4) is 0 Å². The second kappa shape index (κ2) is 35.4. The Hall–Kier alpha value is -9.34. The van der Waals surface area contributed by atoms with Gasteiger partial charge in [-0.3, -0.25) is 9.80 Å². The van der Waals surface area contributed by atoms with Crippen LogP contribution in [0.4, 0.5) is 53.6 Å². The van der Waals surface area contributed by atoms with Gasteiger partial charge in [0, 0.05) is 59.5 Å². The highest BCUT2D eigenvalue weighted by atomic mass is 35.5. The van der Waals surface area contributed by atoms with Crippen LogP contribution in [0.5, 0.6) is 11.8 Å². The van der Waals surface area contributed by atoms with Crippen LogP contribution in [0, 0.1) is 10.8 Å². The summed E-state index contributed by atoms with van der Waals surface area (Å²) in [5.74, 6) is -1.79. The summed E-state index contributed by atoms with van der Waals surface area (Å²) in [7, 11) is 0. The summed E-state index contributed by atoms with van der Waals surface area (Å²) in [6.45, 7) is 7.79. The van der Waals surface area contributed by atoms with Gasteiger partial charge in [0.05, 0.1) is 13.2 Å². The normalized spacial score (nSPS) is 17.2. The van der Waals surface area contributed by atoms with E-state index in [-0.39, 0.29) is 101 Å². The second-order valence-electron chi connectivity index (χ2n) is 25.1. The summed E-state index contributed by atoms with van der Waals surface area (Å²) in [4.78, 5) is 71.7. The number of carbonyl (C=O) groups is 4. The van der Waals surface area contributed by atoms with Crippen molar-refractivity contribution in [1.82, 2.24) is 35.1 Å². The van der Waals surface area contributed by atoms with Crippen molar-refractivity contribution >= 4 is 89.0 Å². The number of hydrogen-bond donors (Lipinski definition) is 3. The number of rotatable bonds is 17. The van der Waals surface area contributed by atoms with E-state index in [0.717, 1.165) is 43.1 Å². The number of nitrogens with zero attached hydrogens (tertiary/aromatic N) is 7. The number of nitrogen functional groups attached to an aromatic ring is 2. The number of aromatic nitrogens is 4. The lowest BCUT2D eigenvalue weighted by atomic mass is 9.76. The number of benzene rings is 6. The van der Waals surface area contributed by atoms with Gasteiger partial charge in [-0.2, -0.15) is 41.3 Å². The summed E-state index contributed by atoms with van der Waals surface area (Å²) >= 11 is 17.9. The average Bonchev–Trinajstić information content (AvgIpc) is 1.63. The fourth-order valence-electron chi connectivity index (χ4n) is 13.1. The van der Waals surface area contributed by atoms with Gasteiger partial charge in [-0.05, 0) is 134 Å². The van der Waals surface area contributed by atoms with Crippen LogP contribution in [-0.4, -0.2) is 131 Å². The van der Waals surface area contributed by atoms with Crippen LogP contribution in [-0.2, 0) is 41.8 Å². The lowest BCUT2D eigenvalue weighted by molar-refractivity contribution is -0.199. The summed E-state index contributed by atoms with van der Waals surface area (Å²) in [5.41, 5.74) is 14.2. The van der Waals surface area contributed by atoms with Gasteiger partial charge in [0.25, 0.3) is 0 Å². The molecule has 5 N–H and O–H groups in total. The number of alkyl halides is 6. The van der Waals surface area contributed by atoms with E-state index >= 15 is 0 Å². The zero-order chi connectivity index (χ0) is 73.5. The maximum absolute atomic E-state index is 14.7. The van der Waals surface area contributed by atoms with Crippen LogP contribution in [0.2, 0.25) is 15.2 Å². The minimum Gasteiger partial charge on any atom is -0.464 e. The van der Waals surface area contributed by atoms with Crippen LogP contribution in [0.25, 0.3) is 22.3 Å².